The van der Waals surface area contributed by atoms with Gasteiger partial charge in [0.15, 0.2) is 6.04 Å². The van der Waals surface area contributed by atoms with Crippen LogP contribution in [0.15, 0.2) is 12.5 Å². The molecule has 0 aromatic carbocycles. The lowest BCUT2D eigenvalue weighted by atomic mass is 10.1. The van der Waals surface area contributed by atoms with E-state index in [1.807, 2.05) is 6.26 Å². The number of thioether (sulfide) groups is 1. The van der Waals surface area contributed by atoms with Crippen LogP contribution in [0.5, 0.6) is 0 Å². The summed E-state index contributed by atoms with van der Waals surface area (Å²) in [4.78, 5) is 56.7. The number of aromatic amines is 1. The fourth-order valence-electron chi connectivity index (χ4n) is 3.43. The van der Waals surface area contributed by atoms with E-state index >= 15 is 0 Å². The van der Waals surface area contributed by atoms with Gasteiger partial charge < -0.3 is 36.5 Å². The van der Waals surface area contributed by atoms with Gasteiger partial charge in [-0.25, -0.2) is 9.78 Å². The Morgan fingerprint density at radius 3 is 2.48 bits per heavy atom. The van der Waals surface area contributed by atoms with Gasteiger partial charge in [0.1, 0.15) is 12.1 Å². The minimum Gasteiger partial charge on any atom is -0.480 e. The van der Waals surface area contributed by atoms with Gasteiger partial charge in [0.25, 0.3) is 0 Å². The van der Waals surface area contributed by atoms with Crippen LogP contribution < -0.4 is 21.3 Å². The van der Waals surface area contributed by atoms with E-state index in [0.717, 1.165) is 13.0 Å². The van der Waals surface area contributed by atoms with E-state index in [9.17, 15) is 29.4 Å². The minimum absolute atomic E-state index is 0.132. The van der Waals surface area contributed by atoms with E-state index in [-0.39, 0.29) is 24.8 Å². The zero-order valence-electron chi connectivity index (χ0n) is 18.7. The number of H-pyrrole nitrogens is 1. The molecule has 0 radical (unpaired) electrons. The second kappa shape index (κ2) is 13.2. The number of aliphatic hydroxyl groups excluding tert-OH is 1. The normalized spacial score (nSPS) is 19.2. The summed E-state index contributed by atoms with van der Waals surface area (Å²) in [6.07, 6.45) is 5.41. The molecule has 5 atom stereocenters. The first-order chi connectivity index (χ1) is 15.7. The summed E-state index contributed by atoms with van der Waals surface area (Å²) in [5.74, 6) is -2.48. The number of carbonyl (C=O) groups excluding carboxylic acids is 3. The standard InChI is InChI=1S/C20H32N6O6S/c1-11(27)16(20(31)32)26-18(29)14(5-7-33-2)24-19(30)15(8-12-9-21-10-23-12)25-17(28)13-4-3-6-22-13/h9-11,13-16,22,27H,3-8H2,1-2H3,(H,21,23)(H,24,30)(H,25,28)(H,26,29)(H,31,32). The fourth-order valence-corrected chi connectivity index (χ4v) is 3.90. The van der Waals surface area contributed by atoms with Crippen LogP contribution in [0.3, 0.4) is 0 Å². The van der Waals surface area contributed by atoms with Gasteiger partial charge >= 0.3 is 5.97 Å². The molecule has 0 aliphatic carbocycles. The third kappa shape index (κ3) is 8.33. The number of aliphatic hydroxyl groups is 1. The highest BCUT2D eigenvalue weighted by molar-refractivity contribution is 7.98. The molecule has 1 fully saturated rings. The monoisotopic (exact) mass is 484 g/mol. The third-order valence-electron chi connectivity index (χ3n) is 5.28. The molecule has 0 bridgehead atoms. The van der Waals surface area contributed by atoms with Crippen molar-refractivity contribution in [2.75, 3.05) is 18.6 Å². The Hall–Kier alpha value is -2.64. The van der Waals surface area contributed by atoms with Gasteiger partial charge in [0.05, 0.1) is 18.5 Å². The zero-order chi connectivity index (χ0) is 24.4. The fraction of sp³-hybridized carbons (Fsp3) is 0.650. The molecule has 12 nitrogen and oxygen atoms in total. The van der Waals surface area contributed by atoms with E-state index in [0.29, 0.717) is 17.9 Å². The van der Waals surface area contributed by atoms with Crippen molar-refractivity contribution in [3.05, 3.63) is 18.2 Å². The summed E-state index contributed by atoms with van der Waals surface area (Å²) in [5, 5.41) is 29.6. The quantitative estimate of drug-likeness (QED) is 0.173. The number of rotatable bonds is 13. The second-order valence-corrected chi connectivity index (χ2v) is 8.88. The molecule has 2 rings (SSSR count). The van der Waals surface area contributed by atoms with Gasteiger partial charge in [-0.2, -0.15) is 11.8 Å². The first kappa shape index (κ1) is 26.6. The molecule has 1 saturated heterocycles. The van der Waals surface area contributed by atoms with Crippen LogP contribution in [-0.4, -0.2) is 92.7 Å². The molecule has 1 aliphatic heterocycles. The summed E-state index contributed by atoms with van der Waals surface area (Å²) in [7, 11) is 0. The Kier molecular flexibility index (Phi) is 10.6. The average Bonchev–Trinajstić information content (AvgIpc) is 3.47. The maximum Gasteiger partial charge on any atom is 0.328 e. The van der Waals surface area contributed by atoms with Crippen LogP contribution >= 0.6 is 11.8 Å². The van der Waals surface area contributed by atoms with Gasteiger partial charge in [-0.3, -0.25) is 14.4 Å². The van der Waals surface area contributed by atoms with Crippen molar-refractivity contribution in [1.82, 2.24) is 31.2 Å². The molecule has 0 spiro atoms. The zero-order valence-corrected chi connectivity index (χ0v) is 19.5. The van der Waals surface area contributed by atoms with E-state index in [4.69, 9.17) is 0 Å². The van der Waals surface area contributed by atoms with Gasteiger partial charge in [-0.1, -0.05) is 0 Å². The first-order valence-electron chi connectivity index (χ1n) is 10.7. The summed E-state index contributed by atoms with van der Waals surface area (Å²) >= 11 is 1.46. The van der Waals surface area contributed by atoms with E-state index in [1.165, 1.54) is 31.2 Å². The van der Waals surface area contributed by atoms with Crippen LogP contribution in [0.25, 0.3) is 0 Å². The summed E-state index contributed by atoms with van der Waals surface area (Å²) in [6.45, 7) is 1.97. The molecule has 13 heteroatoms. The smallest absolute Gasteiger partial charge is 0.328 e. The molecule has 1 aromatic rings. The maximum absolute atomic E-state index is 13.1. The van der Waals surface area contributed by atoms with Crippen molar-refractivity contribution in [2.45, 2.75) is 62.9 Å². The number of carbonyl (C=O) groups is 4. The van der Waals surface area contributed by atoms with Crippen LogP contribution in [0.2, 0.25) is 0 Å². The summed E-state index contributed by atoms with van der Waals surface area (Å²) in [5.41, 5.74) is 0.625. The Bertz CT molecular complexity index is 799. The van der Waals surface area contributed by atoms with Crippen LogP contribution in [0, 0.1) is 0 Å². The van der Waals surface area contributed by atoms with Crippen molar-refractivity contribution in [3.8, 4) is 0 Å². The number of hydrogen-bond donors (Lipinski definition) is 7. The molecule has 0 saturated carbocycles. The molecule has 2 heterocycles. The number of amides is 3. The summed E-state index contributed by atoms with van der Waals surface area (Å²) < 4.78 is 0. The van der Waals surface area contributed by atoms with Crippen LogP contribution in [0.4, 0.5) is 0 Å². The lowest BCUT2D eigenvalue weighted by Gasteiger charge is -2.25. The summed E-state index contributed by atoms with van der Waals surface area (Å²) in [6, 6.07) is -3.92. The number of nitrogens with one attached hydrogen (secondary N) is 5. The van der Waals surface area contributed by atoms with Gasteiger partial charge in [-0.05, 0) is 44.7 Å². The number of carboxylic acids is 1. The van der Waals surface area contributed by atoms with Crippen LogP contribution in [0.1, 0.15) is 31.9 Å². The maximum atomic E-state index is 13.1. The van der Waals surface area contributed by atoms with Crippen molar-refractivity contribution in [2.24, 2.45) is 0 Å². The third-order valence-corrected chi connectivity index (χ3v) is 5.92. The molecule has 33 heavy (non-hydrogen) atoms. The van der Waals surface area contributed by atoms with Crippen molar-refractivity contribution >= 4 is 35.5 Å². The highest BCUT2D eigenvalue weighted by Crippen LogP contribution is 2.08. The highest BCUT2D eigenvalue weighted by Gasteiger charge is 2.32. The molecule has 1 aromatic heterocycles. The second-order valence-electron chi connectivity index (χ2n) is 7.90. The Balaban J connectivity index is 2.13. The first-order valence-corrected chi connectivity index (χ1v) is 12.1. The minimum atomic E-state index is -1.51. The van der Waals surface area contributed by atoms with E-state index < -0.39 is 42.0 Å². The molecule has 7 N–H and O–H groups in total. The Labute approximate surface area is 196 Å². The molecule has 184 valence electrons. The molecule has 3 amide bonds. The predicted octanol–water partition coefficient (Wildman–Crippen LogP) is -1.62. The molecular formula is C20H32N6O6S. The molecular weight excluding hydrogens is 452 g/mol. The van der Waals surface area contributed by atoms with E-state index in [2.05, 4.69) is 31.2 Å². The van der Waals surface area contributed by atoms with Crippen molar-refractivity contribution < 1.29 is 29.4 Å². The molecule has 5 unspecified atom stereocenters. The van der Waals surface area contributed by atoms with Gasteiger partial charge in [-0.15, -0.1) is 0 Å². The number of nitrogens with zero attached hydrogens (tertiary/aromatic N) is 1. The lowest BCUT2D eigenvalue weighted by molar-refractivity contribution is -0.145. The number of hydrogen-bond acceptors (Lipinski definition) is 8. The lowest BCUT2D eigenvalue weighted by Crippen LogP contribution is -2.58. The topological polar surface area (TPSA) is 186 Å². The Morgan fingerprint density at radius 1 is 1.21 bits per heavy atom. The average molecular weight is 485 g/mol. The largest absolute Gasteiger partial charge is 0.480 e. The number of aliphatic carboxylic acids is 1. The van der Waals surface area contributed by atoms with Gasteiger partial charge in [0, 0.05) is 18.3 Å². The van der Waals surface area contributed by atoms with Crippen LogP contribution in [-0.2, 0) is 25.6 Å². The Morgan fingerprint density at radius 2 is 1.94 bits per heavy atom. The molecule has 1 aliphatic rings. The van der Waals surface area contributed by atoms with Crippen molar-refractivity contribution in [1.29, 1.82) is 0 Å². The predicted molar refractivity (Wildman–Crippen MR) is 121 cm³/mol. The SMILES string of the molecule is CSCCC(NC(=O)C(Cc1cnc[nH]1)NC(=O)C1CCCN1)C(=O)NC(C(=O)O)C(C)O. The van der Waals surface area contributed by atoms with Gasteiger partial charge in [0.2, 0.25) is 17.7 Å². The number of carboxylic acid groups (broad SMARTS) is 1. The number of aromatic nitrogens is 2. The van der Waals surface area contributed by atoms with E-state index in [1.54, 1.807) is 0 Å². The number of imidazole rings is 1. The van der Waals surface area contributed by atoms with Crippen molar-refractivity contribution in [3.63, 3.8) is 0 Å². The highest BCUT2D eigenvalue weighted by atomic mass is 32.2.